The molecule has 0 spiro atoms. The van der Waals surface area contributed by atoms with Gasteiger partial charge in [0.25, 0.3) is 0 Å². The second-order valence-electron chi connectivity index (χ2n) is 5.72. The van der Waals surface area contributed by atoms with Crippen LogP contribution in [0.3, 0.4) is 0 Å². The van der Waals surface area contributed by atoms with Crippen LogP contribution in [0.1, 0.15) is 18.2 Å². The SMILES string of the molecule is CCOc1ccc(/C=N/OCc2coc(-c3ccc(OC)cc3)n2)cc1OC. The maximum Gasteiger partial charge on any atom is 0.226 e. The number of methoxy groups -OCH3 is 2. The van der Waals surface area contributed by atoms with Gasteiger partial charge >= 0.3 is 0 Å². The van der Waals surface area contributed by atoms with Gasteiger partial charge in [0.05, 0.1) is 27.0 Å². The van der Waals surface area contributed by atoms with Crippen LogP contribution >= 0.6 is 0 Å². The van der Waals surface area contributed by atoms with Crippen molar-refractivity contribution < 1.29 is 23.5 Å². The summed E-state index contributed by atoms with van der Waals surface area (Å²) in [6.07, 6.45) is 3.15. The maximum atomic E-state index is 5.49. The van der Waals surface area contributed by atoms with E-state index >= 15 is 0 Å². The summed E-state index contributed by atoms with van der Waals surface area (Å²) in [6.45, 7) is 2.69. The molecule has 0 amide bonds. The van der Waals surface area contributed by atoms with Crippen molar-refractivity contribution in [3.8, 4) is 28.7 Å². The number of aromatic nitrogens is 1. The number of hydrogen-bond donors (Lipinski definition) is 0. The Kier molecular flexibility index (Phi) is 6.51. The molecule has 146 valence electrons. The smallest absolute Gasteiger partial charge is 0.226 e. The molecule has 2 aromatic carbocycles. The lowest BCUT2D eigenvalue weighted by Crippen LogP contribution is -1.96. The molecule has 1 heterocycles. The highest BCUT2D eigenvalue weighted by Gasteiger charge is 2.07. The highest BCUT2D eigenvalue weighted by Crippen LogP contribution is 2.27. The third kappa shape index (κ3) is 4.82. The highest BCUT2D eigenvalue weighted by atomic mass is 16.6. The Morgan fingerprint density at radius 2 is 1.86 bits per heavy atom. The molecule has 0 aliphatic heterocycles. The molecule has 0 radical (unpaired) electrons. The minimum absolute atomic E-state index is 0.199. The van der Waals surface area contributed by atoms with E-state index in [4.69, 9.17) is 23.5 Å². The summed E-state index contributed by atoms with van der Waals surface area (Å²) in [6, 6.07) is 13.0. The van der Waals surface area contributed by atoms with Gasteiger partial charge in [-0.15, -0.1) is 0 Å². The second-order valence-corrected chi connectivity index (χ2v) is 5.72. The zero-order valence-electron chi connectivity index (χ0n) is 16.0. The summed E-state index contributed by atoms with van der Waals surface area (Å²) in [5.41, 5.74) is 2.34. The van der Waals surface area contributed by atoms with Crippen LogP contribution in [-0.2, 0) is 11.4 Å². The van der Waals surface area contributed by atoms with Gasteiger partial charge in [-0.1, -0.05) is 5.16 Å². The quantitative estimate of drug-likeness (QED) is 0.405. The van der Waals surface area contributed by atoms with Gasteiger partial charge in [-0.2, -0.15) is 0 Å². The summed E-state index contributed by atoms with van der Waals surface area (Å²) in [5.74, 6) is 2.63. The van der Waals surface area contributed by atoms with E-state index in [1.54, 1.807) is 26.7 Å². The van der Waals surface area contributed by atoms with Crippen LogP contribution in [0, 0.1) is 0 Å². The van der Waals surface area contributed by atoms with Crippen LogP contribution in [0.15, 0.2) is 58.3 Å². The fourth-order valence-corrected chi connectivity index (χ4v) is 2.48. The van der Waals surface area contributed by atoms with Crippen LogP contribution in [0.5, 0.6) is 17.2 Å². The Morgan fingerprint density at radius 1 is 1.04 bits per heavy atom. The molecule has 0 bridgehead atoms. The molecule has 7 heteroatoms. The molecule has 0 aliphatic carbocycles. The van der Waals surface area contributed by atoms with E-state index in [1.807, 2.05) is 49.4 Å². The van der Waals surface area contributed by atoms with Crippen molar-refractivity contribution in [2.75, 3.05) is 20.8 Å². The summed E-state index contributed by atoms with van der Waals surface area (Å²) >= 11 is 0. The summed E-state index contributed by atoms with van der Waals surface area (Å²) in [4.78, 5) is 9.71. The largest absolute Gasteiger partial charge is 0.497 e. The van der Waals surface area contributed by atoms with E-state index in [0.717, 1.165) is 16.9 Å². The summed E-state index contributed by atoms with van der Waals surface area (Å²) in [7, 11) is 3.22. The number of nitrogens with zero attached hydrogens (tertiary/aromatic N) is 2. The van der Waals surface area contributed by atoms with Crippen LogP contribution in [0.4, 0.5) is 0 Å². The molecule has 7 nitrogen and oxygen atoms in total. The molecule has 1 aromatic heterocycles. The molecule has 28 heavy (non-hydrogen) atoms. The standard InChI is InChI=1S/C21H22N2O5/c1-4-26-19-10-5-15(11-20(19)25-3)12-22-28-14-17-13-27-21(23-17)16-6-8-18(24-2)9-7-16/h5-13H,4,14H2,1-3H3/b22-12+. The fourth-order valence-electron chi connectivity index (χ4n) is 2.48. The average Bonchev–Trinajstić information content (AvgIpc) is 3.21. The summed E-state index contributed by atoms with van der Waals surface area (Å²) < 4.78 is 21.4. The Balaban J connectivity index is 1.57. The molecular weight excluding hydrogens is 360 g/mol. The first-order valence-electron chi connectivity index (χ1n) is 8.78. The van der Waals surface area contributed by atoms with E-state index in [2.05, 4.69) is 10.1 Å². The topological polar surface area (TPSA) is 75.3 Å². The van der Waals surface area contributed by atoms with Crippen molar-refractivity contribution in [3.05, 3.63) is 60.0 Å². The van der Waals surface area contributed by atoms with Crippen molar-refractivity contribution in [1.29, 1.82) is 0 Å². The van der Waals surface area contributed by atoms with Gasteiger partial charge in [0.15, 0.2) is 18.1 Å². The number of benzene rings is 2. The van der Waals surface area contributed by atoms with Gasteiger partial charge < -0.3 is 23.5 Å². The molecule has 0 atom stereocenters. The Bertz CT molecular complexity index is 919. The Morgan fingerprint density at radius 3 is 2.57 bits per heavy atom. The van der Waals surface area contributed by atoms with Crippen molar-refractivity contribution in [2.24, 2.45) is 5.16 Å². The van der Waals surface area contributed by atoms with E-state index in [0.29, 0.717) is 29.7 Å². The predicted octanol–water partition coefficient (Wildman–Crippen LogP) is 4.31. The lowest BCUT2D eigenvalue weighted by molar-refractivity contribution is 0.129. The van der Waals surface area contributed by atoms with Crippen molar-refractivity contribution in [2.45, 2.75) is 13.5 Å². The number of oxazole rings is 1. The van der Waals surface area contributed by atoms with Gasteiger partial charge in [-0.3, -0.25) is 0 Å². The number of oxime groups is 1. The van der Waals surface area contributed by atoms with E-state index in [1.165, 1.54) is 0 Å². The lowest BCUT2D eigenvalue weighted by Gasteiger charge is -2.09. The molecular formula is C21H22N2O5. The van der Waals surface area contributed by atoms with Gasteiger partial charge in [-0.05, 0) is 49.4 Å². The third-order valence-electron chi connectivity index (χ3n) is 3.86. The van der Waals surface area contributed by atoms with Crippen LogP contribution in [0.25, 0.3) is 11.5 Å². The van der Waals surface area contributed by atoms with E-state index < -0.39 is 0 Å². The zero-order valence-corrected chi connectivity index (χ0v) is 16.0. The van der Waals surface area contributed by atoms with Crippen LogP contribution in [-0.4, -0.2) is 32.0 Å². The highest BCUT2D eigenvalue weighted by molar-refractivity contribution is 5.80. The molecule has 0 saturated heterocycles. The number of hydrogen-bond acceptors (Lipinski definition) is 7. The van der Waals surface area contributed by atoms with Crippen molar-refractivity contribution in [3.63, 3.8) is 0 Å². The molecule has 0 saturated carbocycles. The summed E-state index contributed by atoms with van der Waals surface area (Å²) in [5, 5.41) is 3.97. The number of ether oxygens (including phenoxy) is 3. The fraction of sp³-hybridized carbons (Fsp3) is 0.238. The first-order chi connectivity index (χ1) is 13.7. The third-order valence-corrected chi connectivity index (χ3v) is 3.86. The normalized spacial score (nSPS) is 10.8. The Hall–Kier alpha value is -3.48. The second kappa shape index (κ2) is 9.45. The van der Waals surface area contributed by atoms with Crippen molar-refractivity contribution in [1.82, 2.24) is 4.98 Å². The van der Waals surface area contributed by atoms with E-state index in [-0.39, 0.29) is 6.61 Å². The maximum absolute atomic E-state index is 5.49. The minimum Gasteiger partial charge on any atom is -0.497 e. The first-order valence-corrected chi connectivity index (χ1v) is 8.78. The number of rotatable bonds is 9. The van der Waals surface area contributed by atoms with Gasteiger partial charge in [0.1, 0.15) is 17.7 Å². The molecule has 0 aliphatic rings. The van der Waals surface area contributed by atoms with Gasteiger partial charge in [0.2, 0.25) is 5.89 Å². The van der Waals surface area contributed by atoms with Gasteiger partial charge in [-0.25, -0.2) is 4.98 Å². The van der Waals surface area contributed by atoms with E-state index in [9.17, 15) is 0 Å². The first kappa shape index (κ1) is 19.3. The average molecular weight is 382 g/mol. The Labute approximate surface area is 163 Å². The van der Waals surface area contributed by atoms with Crippen molar-refractivity contribution >= 4 is 6.21 Å². The molecule has 0 N–H and O–H groups in total. The lowest BCUT2D eigenvalue weighted by atomic mass is 10.2. The monoisotopic (exact) mass is 382 g/mol. The predicted molar refractivity (Wildman–Crippen MR) is 105 cm³/mol. The molecule has 0 unspecified atom stereocenters. The minimum atomic E-state index is 0.199. The zero-order chi connectivity index (χ0) is 19.8. The van der Waals surface area contributed by atoms with Gasteiger partial charge in [0, 0.05) is 11.1 Å². The van der Waals surface area contributed by atoms with Crippen LogP contribution < -0.4 is 14.2 Å². The molecule has 0 fully saturated rings. The van der Waals surface area contributed by atoms with Crippen LogP contribution in [0.2, 0.25) is 0 Å². The molecule has 3 aromatic rings. The molecule has 3 rings (SSSR count).